The molecule has 0 saturated heterocycles. The van der Waals surface area contributed by atoms with E-state index in [2.05, 4.69) is 44.1 Å². The summed E-state index contributed by atoms with van der Waals surface area (Å²) >= 11 is 6.28. The zero-order valence-electron chi connectivity index (χ0n) is 11.3. The van der Waals surface area contributed by atoms with E-state index in [4.69, 9.17) is 11.6 Å². The van der Waals surface area contributed by atoms with Gasteiger partial charge in [0.25, 0.3) is 0 Å². The van der Waals surface area contributed by atoms with E-state index < -0.39 is 0 Å². The predicted octanol–water partition coefficient (Wildman–Crippen LogP) is 3.54. The third-order valence-electron chi connectivity index (χ3n) is 2.83. The largest absolute Gasteiger partial charge is 0.375 e. The Labute approximate surface area is 110 Å². The smallest absolute Gasteiger partial charge is 0.0471 e. The molecule has 0 unspecified atom stereocenters. The van der Waals surface area contributed by atoms with Gasteiger partial charge in [-0.05, 0) is 31.5 Å². The SMILES string of the molecule is CCN(C)c1cccc(Cl)c1CNCC(C)C. The molecule has 1 aromatic carbocycles. The van der Waals surface area contributed by atoms with E-state index in [0.29, 0.717) is 5.92 Å². The van der Waals surface area contributed by atoms with Crippen LogP contribution in [-0.4, -0.2) is 20.1 Å². The lowest BCUT2D eigenvalue weighted by atomic mass is 10.1. The molecule has 0 aliphatic rings. The summed E-state index contributed by atoms with van der Waals surface area (Å²) in [7, 11) is 2.09. The van der Waals surface area contributed by atoms with Crippen LogP contribution in [0.3, 0.4) is 0 Å². The molecule has 17 heavy (non-hydrogen) atoms. The molecule has 2 nitrogen and oxygen atoms in total. The molecule has 3 heteroatoms. The lowest BCUT2D eigenvalue weighted by Gasteiger charge is -2.22. The highest BCUT2D eigenvalue weighted by molar-refractivity contribution is 6.31. The van der Waals surface area contributed by atoms with Gasteiger partial charge in [-0.2, -0.15) is 0 Å². The van der Waals surface area contributed by atoms with Gasteiger partial charge in [-0.25, -0.2) is 0 Å². The Bertz CT molecular complexity index is 350. The molecule has 0 heterocycles. The van der Waals surface area contributed by atoms with Gasteiger partial charge < -0.3 is 10.2 Å². The lowest BCUT2D eigenvalue weighted by Crippen LogP contribution is -2.23. The standard InChI is InChI=1S/C14H23ClN2/c1-5-17(4)14-8-6-7-13(15)12(14)10-16-9-11(2)3/h6-8,11,16H,5,9-10H2,1-4H3. The average Bonchev–Trinajstić information content (AvgIpc) is 2.29. The predicted molar refractivity (Wildman–Crippen MR) is 76.9 cm³/mol. The Kier molecular flexibility index (Phi) is 5.79. The van der Waals surface area contributed by atoms with Crippen molar-refractivity contribution in [2.75, 3.05) is 25.0 Å². The maximum absolute atomic E-state index is 6.28. The third-order valence-corrected chi connectivity index (χ3v) is 3.19. The molecule has 96 valence electrons. The van der Waals surface area contributed by atoms with Crippen LogP contribution >= 0.6 is 11.6 Å². The van der Waals surface area contributed by atoms with Gasteiger partial charge in [-0.1, -0.05) is 31.5 Å². The number of hydrogen-bond acceptors (Lipinski definition) is 2. The number of halogens is 1. The summed E-state index contributed by atoms with van der Waals surface area (Å²) in [5.41, 5.74) is 2.41. The number of benzene rings is 1. The topological polar surface area (TPSA) is 15.3 Å². The number of rotatable bonds is 6. The van der Waals surface area contributed by atoms with E-state index >= 15 is 0 Å². The first-order chi connectivity index (χ1) is 8.06. The van der Waals surface area contributed by atoms with Crippen LogP contribution in [0.2, 0.25) is 5.02 Å². The second kappa shape index (κ2) is 6.87. The molecule has 0 saturated carbocycles. The van der Waals surface area contributed by atoms with Crippen LogP contribution < -0.4 is 10.2 Å². The van der Waals surface area contributed by atoms with Crippen molar-refractivity contribution in [1.29, 1.82) is 0 Å². The zero-order valence-corrected chi connectivity index (χ0v) is 12.0. The molecule has 0 fully saturated rings. The van der Waals surface area contributed by atoms with Crippen molar-refractivity contribution in [1.82, 2.24) is 5.32 Å². The van der Waals surface area contributed by atoms with Crippen molar-refractivity contribution in [2.45, 2.75) is 27.3 Å². The van der Waals surface area contributed by atoms with E-state index in [1.165, 1.54) is 11.3 Å². The first-order valence-corrected chi connectivity index (χ1v) is 6.63. The Balaban J connectivity index is 2.80. The molecule has 0 aromatic heterocycles. The van der Waals surface area contributed by atoms with Gasteiger partial charge in [-0.15, -0.1) is 0 Å². The number of nitrogens with zero attached hydrogens (tertiary/aromatic N) is 1. The third kappa shape index (κ3) is 4.21. The Hall–Kier alpha value is -0.730. The van der Waals surface area contributed by atoms with Crippen LogP contribution in [-0.2, 0) is 6.54 Å². The maximum atomic E-state index is 6.28. The Morgan fingerprint density at radius 2 is 2.06 bits per heavy atom. The summed E-state index contributed by atoms with van der Waals surface area (Å²) < 4.78 is 0. The summed E-state index contributed by atoms with van der Waals surface area (Å²) in [5.74, 6) is 0.657. The average molecular weight is 255 g/mol. The van der Waals surface area contributed by atoms with Crippen molar-refractivity contribution in [3.8, 4) is 0 Å². The summed E-state index contributed by atoms with van der Waals surface area (Å²) in [6, 6.07) is 6.10. The molecule has 0 bridgehead atoms. The molecule has 1 rings (SSSR count). The molecule has 1 N–H and O–H groups in total. The Morgan fingerprint density at radius 3 is 2.65 bits per heavy atom. The molecule has 0 radical (unpaired) electrons. The fraction of sp³-hybridized carbons (Fsp3) is 0.571. The summed E-state index contributed by atoms with van der Waals surface area (Å²) in [6.07, 6.45) is 0. The summed E-state index contributed by atoms with van der Waals surface area (Å²) in [5, 5.41) is 4.30. The fourth-order valence-corrected chi connectivity index (χ4v) is 1.97. The van der Waals surface area contributed by atoms with Crippen molar-refractivity contribution in [3.05, 3.63) is 28.8 Å². The zero-order chi connectivity index (χ0) is 12.8. The van der Waals surface area contributed by atoms with Crippen molar-refractivity contribution >= 4 is 17.3 Å². The van der Waals surface area contributed by atoms with Crippen LogP contribution in [0.1, 0.15) is 26.3 Å². The maximum Gasteiger partial charge on any atom is 0.0471 e. The fourth-order valence-electron chi connectivity index (χ4n) is 1.74. The van der Waals surface area contributed by atoms with Gasteiger partial charge in [-0.3, -0.25) is 0 Å². The van der Waals surface area contributed by atoms with Crippen LogP contribution in [0.4, 0.5) is 5.69 Å². The lowest BCUT2D eigenvalue weighted by molar-refractivity contribution is 0.552. The Morgan fingerprint density at radius 1 is 1.35 bits per heavy atom. The van der Waals surface area contributed by atoms with Gasteiger partial charge in [0, 0.05) is 36.4 Å². The summed E-state index contributed by atoms with van der Waals surface area (Å²) in [4.78, 5) is 2.22. The van der Waals surface area contributed by atoms with Gasteiger partial charge in [0.2, 0.25) is 0 Å². The van der Waals surface area contributed by atoms with Gasteiger partial charge in [0.15, 0.2) is 0 Å². The van der Waals surface area contributed by atoms with E-state index in [1.54, 1.807) is 0 Å². The van der Waals surface area contributed by atoms with E-state index in [0.717, 1.165) is 24.7 Å². The molecular weight excluding hydrogens is 232 g/mol. The highest BCUT2D eigenvalue weighted by Gasteiger charge is 2.09. The van der Waals surface area contributed by atoms with Crippen molar-refractivity contribution in [3.63, 3.8) is 0 Å². The van der Waals surface area contributed by atoms with E-state index in [9.17, 15) is 0 Å². The first-order valence-electron chi connectivity index (χ1n) is 6.25. The number of anilines is 1. The molecule has 0 aliphatic heterocycles. The van der Waals surface area contributed by atoms with Crippen LogP contribution in [0, 0.1) is 5.92 Å². The van der Waals surface area contributed by atoms with Crippen molar-refractivity contribution < 1.29 is 0 Å². The normalized spacial score (nSPS) is 10.9. The quantitative estimate of drug-likeness (QED) is 0.835. The molecule has 0 amide bonds. The van der Waals surface area contributed by atoms with Crippen LogP contribution in [0.5, 0.6) is 0 Å². The minimum atomic E-state index is 0.657. The molecule has 0 aliphatic carbocycles. The monoisotopic (exact) mass is 254 g/mol. The minimum absolute atomic E-state index is 0.657. The summed E-state index contributed by atoms with van der Waals surface area (Å²) in [6.45, 7) is 9.39. The molecule has 0 atom stereocenters. The molecule has 1 aromatic rings. The molecule has 0 spiro atoms. The highest BCUT2D eigenvalue weighted by atomic mass is 35.5. The van der Waals surface area contributed by atoms with Gasteiger partial charge >= 0.3 is 0 Å². The highest BCUT2D eigenvalue weighted by Crippen LogP contribution is 2.26. The second-order valence-electron chi connectivity index (χ2n) is 4.78. The van der Waals surface area contributed by atoms with Gasteiger partial charge in [0.05, 0.1) is 0 Å². The van der Waals surface area contributed by atoms with Crippen LogP contribution in [0.15, 0.2) is 18.2 Å². The second-order valence-corrected chi connectivity index (χ2v) is 5.18. The van der Waals surface area contributed by atoms with E-state index in [-0.39, 0.29) is 0 Å². The number of hydrogen-bond donors (Lipinski definition) is 1. The number of nitrogens with one attached hydrogen (secondary N) is 1. The van der Waals surface area contributed by atoms with E-state index in [1.807, 2.05) is 12.1 Å². The first kappa shape index (κ1) is 14.3. The van der Waals surface area contributed by atoms with Crippen LogP contribution in [0.25, 0.3) is 0 Å². The van der Waals surface area contributed by atoms with Gasteiger partial charge in [0.1, 0.15) is 0 Å². The van der Waals surface area contributed by atoms with Crippen molar-refractivity contribution in [2.24, 2.45) is 5.92 Å². The molecular formula is C14H23ClN2. The minimum Gasteiger partial charge on any atom is -0.375 e.